The standard InChI is InChI=1S/C19H23ClFN5O2/c1-12-2-4-14(28-12)9-22-17-10-23-26-7-6-25(11-18(17)26)19(27)24-13-3-5-16(21)15(20)8-13/h3,5,8,10,12,14,22H,2,4,6-7,9,11H2,1H3,(H,24,27). The van der Waals surface area contributed by atoms with E-state index in [2.05, 4.69) is 22.7 Å². The molecule has 2 unspecified atom stereocenters. The molecule has 9 heteroatoms. The Morgan fingerprint density at radius 3 is 3.00 bits per heavy atom. The fourth-order valence-corrected chi connectivity index (χ4v) is 3.78. The summed E-state index contributed by atoms with van der Waals surface area (Å²) in [5, 5.41) is 10.6. The summed E-state index contributed by atoms with van der Waals surface area (Å²) in [6.07, 6.45) is 4.45. The molecule has 2 aliphatic heterocycles. The van der Waals surface area contributed by atoms with E-state index in [4.69, 9.17) is 16.3 Å². The Labute approximate surface area is 167 Å². The largest absolute Gasteiger partial charge is 0.380 e. The van der Waals surface area contributed by atoms with Crippen molar-refractivity contribution in [3.05, 3.63) is 40.9 Å². The van der Waals surface area contributed by atoms with E-state index in [1.165, 1.54) is 18.2 Å². The predicted molar refractivity (Wildman–Crippen MR) is 105 cm³/mol. The van der Waals surface area contributed by atoms with Gasteiger partial charge in [-0.15, -0.1) is 0 Å². The van der Waals surface area contributed by atoms with Gasteiger partial charge in [0.1, 0.15) is 5.82 Å². The summed E-state index contributed by atoms with van der Waals surface area (Å²) >= 11 is 5.78. The number of aromatic nitrogens is 2. The smallest absolute Gasteiger partial charge is 0.322 e. The Morgan fingerprint density at radius 2 is 2.25 bits per heavy atom. The lowest BCUT2D eigenvalue weighted by Gasteiger charge is -2.28. The first-order valence-electron chi connectivity index (χ1n) is 9.44. The number of rotatable bonds is 4. The maximum atomic E-state index is 13.3. The summed E-state index contributed by atoms with van der Waals surface area (Å²) in [6.45, 7) is 4.41. The topological polar surface area (TPSA) is 71.4 Å². The molecular formula is C19H23ClFN5O2. The minimum Gasteiger partial charge on any atom is -0.380 e. The Balaban J connectivity index is 1.38. The number of amides is 2. The van der Waals surface area contributed by atoms with Crippen LogP contribution in [0.2, 0.25) is 5.02 Å². The van der Waals surface area contributed by atoms with Gasteiger partial charge in [0.2, 0.25) is 0 Å². The summed E-state index contributed by atoms with van der Waals surface area (Å²) < 4.78 is 21.1. The lowest BCUT2D eigenvalue weighted by Crippen LogP contribution is -2.41. The predicted octanol–water partition coefficient (Wildman–Crippen LogP) is 3.70. The molecule has 2 aliphatic rings. The van der Waals surface area contributed by atoms with E-state index in [9.17, 15) is 9.18 Å². The molecule has 2 aromatic rings. The number of carbonyl (C=O) groups excluding carboxylic acids is 1. The van der Waals surface area contributed by atoms with Gasteiger partial charge in [-0.2, -0.15) is 5.10 Å². The van der Waals surface area contributed by atoms with Gasteiger partial charge in [-0.3, -0.25) is 4.68 Å². The van der Waals surface area contributed by atoms with Crippen molar-refractivity contribution < 1.29 is 13.9 Å². The number of halogens is 2. The van der Waals surface area contributed by atoms with Crippen molar-refractivity contribution in [2.75, 3.05) is 23.7 Å². The molecule has 150 valence electrons. The minimum absolute atomic E-state index is 0.0237. The highest BCUT2D eigenvalue weighted by Crippen LogP contribution is 2.25. The quantitative estimate of drug-likeness (QED) is 0.810. The molecule has 1 aromatic heterocycles. The number of urea groups is 1. The Kier molecular flexibility index (Phi) is 5.41. The molecule has 1 aromatic carbocycles. The average molecular weight is 408 g/mol. The second-order valence-electron chi connectivity index (χ2n) is 7.24. The molecule has 1 fully saturated rings. The second kappa shape index (κ2) is 7.97. The van der Waals surface area contributed by atoms with Crippen molar-refractivity contribution in [1.82, 2.24) is 14.7 Å². The highest BCUT2D eigenvalue weighted by molar-refractivity contribution is 6.31. The lowest BCUT2D eigenvalue weighted by atomic mass is 10.2. The number of hydrogen-bond acceptors (Lipinski definition) is 4. The highest BCUT2D eigenvalue weighted by atomic mass is 35.5. The molecule has 1 saturated heterocycles. The van der Waals surface area contributed by atoms with Crippen molar-refractivity contribution in [2.45, 2.75) is 45.1 Å². The Bertz CT molecular complexity index is 874. The van der Waals surface area contributed by atoms with Crippen molar-refractivity contribution in [3.63, 3.8) is 0 Å². The van der Waals surface area contributed by atoms with Gasteiger partial charge in [-0.05, 0) is 38.0 Å². The Hall–Kier alpha value is -2.32. The first kappa shape index (κ1) is 19.0. The fourth-order valence-electron chi connectivity index (χ4n) is 3.60. The van der Waals surface area contributed by atoms with E-state index in [0.717, 1.165) is 30.8 Å². The number of ether oxygens (including phenoxy) is 1. The third kappa shape index (κ3) is 4.07. The molecule has 0 bridgehead atoms. The maximum Gasteiger partial charge on any atom is 0.322 e. The van der Waals surface area contributed by atoms with E-state index in [1.807, 2.05) is 4.68 Å². The molecule has 0 spiro atoms. The number of fused-ring (bicyclic) bond motifs is 1. The fraction of sp³-hybridized carbons (Fsp3) is 0.474. The van der Waals surface area contributed by atoms with Crippen LogP contribution in [0, 0.1) is 5.82 Å². The number of nitrogens with zero attached hydrogens (tertiary/aromatic N) is 3. The van der Waals surface area contributed by atoms with Crippen LogP contribution in [0.25, 0.3) is 0 Å². The van der Waals surface area contributed by atoms with Gasteiger partial charge in [0.15, 0.2) is 0 Å². The number of hydrogen-bond donors (Lipinski definition) is 2. The van der Waals surface area contributed by atoms with Crippen LogP contribution in [0.5, 0.6) is 0 Å². The van der Waals surface area contributed by atoms with E-state index in [0.29, 0.717) is 31.4 Å². The van der Waals surface area contributed by atoms with Gasteiger partial charge < -0.3 is 20.3 Å². The zero-order chi connectivity index (χ0) is 19.7. The van der Waals surface area contributed by atoms with Gasteiger partial charge in [0.25, 0.3) is 0 Å². The van der Waals surface area contributed by atoms with Crippen LogP contribution in [-0.2, 0) is 17.8 Å². The van der Waals surface area contributed by atoms with Crippen molar-refractivity contribution >= 4 is 29.0 Å². The third-order valence-corrected chi connectivity index (χ3v) is 5.46. The van der Waals surface area contributed by atoms with Crippen LogP contribution in [0.1, 0.15) is 25.5 Å². The monoisotopic (exact) mass is 407 g/mol. The molecule has 2 amide bonds. The molecule has 0 saturated carbocycles. The number of carbonyl (C=O) groups is 1. The molecule has 3 heterocycles. The zero-order valence-electron chi connectivity index (χ0n) is 15.6. The van der Waals surface area contributed by atoms with E-state index in [1.54, 1.807) is 11.1 Å². The molecule has 0 aliphatic carbocycles. The molecule has 2 N–H and O–H groups in total. The SMILES string of the molecule is CC1CCC(CNc2cnn3c2CN(C(=O)Nc2ccc(F)c(Cl)c2)CC3)O1. The molecule has 0 radical (unpaired) electrons. The van der Waals surface area contributed by atoms with Crippen LogP contribution in [0.3, 0.4) is 0 Å². The van der Waals surface area contributed by atoms with Crippen LogP contribution < -0.4 is 10.6 Å². The van der Waals surface area contributed by atoms with Crippen molar-refractivity contribution in [2.24, 2.45) is 0 Å². The summed E-state index contributed by atoms with van der Waals surface area (Å²) in [7, 11) is 0. The summed E-state index contributed by atoms with van der Waals surface area (Å²) in [4.78, 5) is 14.3. The van der Waals surface area contributed by atoms with Gasteiger partial charge in [-0.1, -0.05) is 11.6 Å². The van der Waals surface area contributed by atoms with Crippen LogP contribution in [0.4, 0.5) is 20.6 Å². The lowest BCUT2D eigenvalue weighted by molar-refractivity contribution is 0.0636. The Morgan fingerprint density at radius 1 is 1.39 bits per heavy atom. The molecule has 7 nitrogen and oxygen atoms in total. The number of nitrogens with one attached hydrogen (secondary N) is 2. The normalized spacial score (nSPS) is 21.5. The van der Waals surface area contributed by atoms with Gasteiger partial charge in [0, 0.05) is 18.8 Å². The molecular weight excluding hydrogens is 385 g/mol. The number of benzene rings is 1. The maximum absolute atomic E-state index is 13.3. The minimum atomic E-state index is -0.516. The average Bonchev–Trinajstić information content (AvgIpc) is 3.28. The highest BCUT2D eigenvalue weighted by Gasteiger charge is 2.26. The van der Waals surface area contributed by atoms with Crippen LogP contribution in [0.15, 0.2) is 24.4 Å². The van der Waals surface area contributed by atoms with Crippen molar-refractivity contribution in [3.8, 4) is 0 Å². The first-order chi connectivity index (χ1) is 13.5. The van der Waals surface area contributed by atoms with Gasteiger partial charge >= 0.3 is 6.03 Å². The number of anilines is 2. The molecule has 2 atom stereocenters. The van der Waals surface area contributed by atoms with Crippen LogP contribution in [-0.4, -0.2) is 46.0 Å². The second-order valence-corrected chi connectivity index (χ2v) is 7.64. The third-order valence-electron chi connectivity index (χ3n) is 5.17. The summed E-state index contributed by atoms with van der Waals surface area (Å²) in [6, 6.07) is 3.87. The van der Waals surface area contributed by atoms with E-state index >= 15 is 0 Å². The molecule has 4 rings (SSSR count). The summed E-state index contributed by atoms with van der Waals surface area (Å²) in [5.41, 5.74) is 2.34. The van der Waals surface area contributed by atoms with Crippen LogP contribution >= 0.6 is 11.6 Å². The zero-order valence-corrected chi connectivity index (χ0v) is 16.4. The van der Waals surface area contributed by atoms with E-state index < -0.39 is 5.82 Å². The summed E-state index contributed by atoms with van der Waals surface area (Å²) in [5.74, 6) is -0.516. The van der Waals surface area contributed by atoms with Gasteiger partial charge in [0.05, 0.1) is 47.9 Å². The molecule has 28 heavy (non-hydrogen) atoms. The van der Waals surface area contributed by atoms with E-state index in [-0.39, 0.29) is 17.2 Å². The van der Waals surface area contributed by atoms with Crippen molar-refractivity contribution in [1.29, 1.82) is 0 Å². The first-order valence-corrected chi connectivity index (χ1v) is 9.82. The van der Waals surface area contributed by atoms with Gasteiger partial charge in [-0.25, -0.2) is 9.18 Å².